The molecule has 0 atom stereocenters. The highest BCUT2D eigenvalue weighted by Gasteiger charge is 2.37. The minimum atomic E-state index is -0.601. The molecule has 2 N–H and O–H groups in total. The van der Waals surface area contributed by atoms with E-state index in [1.165, 1.54) is 6.42 Å². The SMILES string of the molecule is COc1ccc(C2(C#N)CCN(CC(=O)NO)CC2)cc1OC1CCC1.Cl. The van der Waals surface area contributed by atoms with Crippen molar-refractivity contribution in [1.29, 1.82) is 5.26 Å². The van der Waals surface area contributed by atoms with E-state index in [4.69, 9.17) is 14.7 Å². The monoisotopic (exact) mass is 395 g/mol. The summed E-state index contributed by atoms with van der Waals surface area (Å²) in [6.45, 7) is 1.37. The van der Waals surface area contributed by atoms with Crippen molar-refractivity contribution in [3.05, 3.63) is 23.8 Å². The minimum absolute atomic E-state index is 0. The molecule has 148 valence electrons. The highest BCUT2D eigenvalue weighted by Crippen LogP contribution is 2.40. The van der Waals surface area contributed by atoms with Gasteiger partial charge in [-0.05, 0) is 49.8 Å². The number of benzene rings is 1. The molecule has 1 aromatic carbocycles. The number of rotatable bonds is 6. The van der Waals surface area contributed by atoms with Crippen LogP contribution in [0.3, 0.4) is 0 Å². The van der Waals surface area contributed by atoms with Gasteiger partial charge in [-0.3, -0.25) is 14.9 Å². The molecule has 3 rings (SSSR count). The van der Waals surface area contributed by atoms with E-state index in [1.54, 1.807) is 12.6 Å². The standard InChI is InChI=1S/C19H25N3O4.ClH/c1-25-16-6-5-14(11-17(16)26-15-3-2-4-15)19(13-20)7-9-22(10-8-19)12-18(23)21-24;/h5-6,11,15,24H,2-4,7-10,12H2,1H3,(H,21,23);1H. The second-order valence-electron chi connectivity index (χ2n) is 7.04. The van der Waals surface area contributed by atoms with Gasteiger partial charge in [0.1, 0.15) is 0 Å². The number of piperidine rings is 1. The summed E-state index contributed by atoms with van der Waals surface area (Å²) in [5, 5.41) is 18.6. The molecular weight excluding hydrogens is 370 g/mol. The van der Waals surface area contributed by atoms with Crippen LogP contribution < -0.4 is 15.0 Å². The molecule has 1 heterocycles. The Balaban J connectivity index is 0.00000261. The van der Waals surface area contributed by atoms with Gasteiger partial charge in [0, 0.05) is 13.1 Å². The lowest BCUT2D eigenvalue weighted by atomic mass is 9.74. The molecule has 2 aliphatic rings. The Bertz CT molecular complexity index is 695. The molecule has 0 aromatic heterocycles. The van der Waals surface area contributed by atoms with Crippen LogP contribution >= 0.6 is 12.4 Å². The third-order valence-electron chi connectivity index (χ3n) is 5.48. The average Bonchev–Trinajstić information content (AvgIpc) is 2.65. The largest absolute Gasteiger partial charge is 0.493 e. The summed E-state index contributed by atoms with van der Waals surface area (Å²) in [5.41, 5.74) is 1.98. The molecule has 2 fully saturated rings. The maximum absolute atomic E-state index is 11.3. The van der Waals surface area contributed by atoms with Crippen molar-refractivity contribution in [3.63, 3.8) is 0 Å². The van der Waals surface area contributed by atoms with Gasteiger partial charge in [0.15, 0.2) is 11.5 Å². The van der Waals surface area contributed by atoms with Crippen molar-refractivity contribution in [2.75, 3.05) is 26.7 Å². The number of ether oxygens (including phenoxy) is 2. The lowest BCUT2D eigenvalue weighted by molar-refractivity contribution is -0.130. The topological polar surface area (TPSA) is 94.8 Å². The van der Waals surface area contributed by atoms with Gasteiger partial charge in [0.25, 0.3) is 5.91 Å². The molecule has 7 nitrogen and oxygen atoms in total. The first-order valence-corrected chi connectivity index (χ1v) is 9.02. The Labute approximate surface area is 165 Å². The van der Waals surface area contributed by atoms with Crippen molar-refractivity contribution in [3.8, 4) is 17.6 Å². The maximum Gasteiger partial charge on any atom is 0.257 e. The molecule has 1 saturated carbocycles. The van der Waals surface area contributed by atoms with E-state index in [-0.39, 0.29) is 25.1 Å². The number of hydrogen-bond donors (Lipinski definition) is 2. The summed E-state index contributed by atoms with van der Waals surface area (Å²) in [6, 6.07) is 8.24. The molecule has 0 bridgehead atoms. The Morgan fingerprint density at radius 1 is 1.37 bits per heavy atom. The zero-order valence-electron chi connectivity index (χ0n) is 15.4. The number of hydrogen-bond acceptors (Lipinski definition) is 6. The van der Waals surface area contributed by atoms with Gasteiger partial charge in [-0.15, -0.1) is 12.4 Å². The number of nitrogens with one attached hydrogen (secondary N) is 1. The van der Waals surface area contributed by atoms with Gasteiger partial charge in [-0.25, -0.2) is 5.48 Å². The van der Waals surface area contributed by atoms with Gasteiger partial charge >= 0.3 is 0 Å². The second-order valence-corrected chi connectivity index (χ2v) is 7.04. The zero-order valence-corrected chi connectivity index (χ0v) is 16.3. The smallest absolute Gasteiger partial charge is 0.257 e. The van der Waals surface area contributed by atoms with E-state index < -0.39 is 11.3 Å². The van der Waals surface area contributed by atoms with Gasteiger partial charge in [0.2, 0.25) is 0 Å². The van der Waals surface area contributed by atoms with Crippen LogP contribution in [0.15, 0.2) is 18.2 Å². The Morgan fingerprint density at radius 2 is 2.07 bits per heavy atom. The van der Waals surface area contributed by atoms with Crippen molar-refractivity contribution in [2.24, 2.45) is 0 Å². The fourth-order valence-electron chi connectivity index (χ4n) is 3.53. The predicted molar refractivity (Wildman–Crippen MR) is 101 cm³/mol. The minimum Gasteiger partial charge on any atom is -0.493 e. The first-order chi connectivity index (χ1) is 12.6. The van der Waals surface area contributed by atoms with Gasteiger partial charge < -0.3 is 9.47 Å². The van der Waals surface area contributed by atoms with E-state index in [2.05, 4.69) is 6.07 Å². The Kier molecular flexibility index (Phi) is 7.31. The Morgan fingerprint density at radius 3 is 2.59 bits per heavy atom. The summed E-state index contributed by atoms with van der Waals surface area (Å²) >= 11 is 0. The molecule has 0 unspecified atom stereocenters. The second kappa shape index (κ2) is 9.27. The number of methoxy groups -OCH3 is 1. The molecule has 8 heteroatoms. The molecule has 1 aliphatic carbocycles. The number of amides is 1. The van der Waals surface area contributed by atoms with Crippen LogP contribution in [-0.2, 0) is 10.2 Å². The van der Waals surface area contributed by atoms with Crippen molar-refractivity contribution in [2.45, 2.75) is 43.6 Å². The molecule has 0 radical (unpaired) electrons. The van der Waals surface area contributed by atoms with Crippen LogP contribution in [0.4, 0.5) is 0 Å². The number of carbonyl (C=O) groups is 1. The van der Waals surface area contributed by atoms with Gasteiger partial charge in [-0.1, -0.05) is 6.07 Å². The fourth-order valence-corrected chi connectivity index (χ4v) is 3.53. The molecule has 1 aliphatic heterocycles. The lowest BCUT2D eigenvalue weighted by Gasteiger charge is -2.37. The lowest BCUT2D eigenvalue weighted by Crippen LogP contribution is -2.45. The number of halogens is 1. The summed E-state index contributed by atoms with van der Waals surface area (Å²) in [4.78, 5) is 13.3. The average molecular weight is 396 g/mol. The number of nitrogens with zero attached hydrogens (tertiary/aromatic N) is 2. The van der Waals surface area contributed by atoms with E-state index >= 15 is 0 Å². The number of hydroxylamine groups is 1. The predicted octanol–water partition coefficient (Wildman–Crippen LogP) is 2.41. The molecular formula is C19H26ClN3O4. The highest BCUT2D eigenvalue weighted by atomic mass is 35.5. The van der Waals surface area contributed by atoms with Crippen molar-refractivity contribution >= 4 is 18.3 Å². The zero-order chi connectivity index (χ0) is 18.6. The number of likely N-dealkylation sites (tertiary alicyclic amines) is 1. The summed E-state index contributed by atoms with van der Waals surface area (Å²) in [5.74, 6) is 0.951. The number of nitriles is 1. The first-order valence-electron chi connectivity index (χ1n) is 9.02. The van der Waals surface area contributed by atoms with Crippen molar-refractivity contribution < 1.29 is 19.5 Å². The number of carbonyl (C=O) groups excluding carboxylic acids is 1. The maximum atomic E-state index is 11.3. The fraction of sp³-hybridized carbons (Fsp3) is 0.579. The van der Waals surface area contributed by atoms with Crippen LogP contribution in [-0.4, -0.2) is 48.9 Å². The highest BCUT2D eigenvalue weighted by molar-refractivity contribution is 5.85. The third-order valence-corrected chi connectivity index (χ3v) is 5.48. The summed E-state index contributed by atoms with van der Waals surface area (Å²) in [7, 11) is 1.62. The van der Waals surface area contributed by atoms with Crippen LogP contribution in [0.2, 0.25) is 0 Å². The van der Waals surface area contributed by atoms with Crippen LogP contribution in [0, 0.1) is 11.3 Å². The van der Waals surface area contributed by atoms with E-state index in [9.17, 15) is 10.1 Å². The third kappa shape index (κ3) is 4.64. The van der Waals surface area contributed by atoms with Crippen LogP contribution in [0.5, 0.6) is 11.5 Å². The quantitative estimate of drug-likeness (QED) is 0.567. The molecule has 1 aromatic rings. The van der Waals surface area contributed by atoms with Crippen molar-refractivity contribution in [1.82, 2.24) is 10.4 Å². The van der Waals surface area contributed by atoms with Crippen LogP contribution in [0.25, 0.3) is 0 Å². The molecule has 1 amide bonds. The van der Waals surface area contributed by atoms with Gasteiger partial charge in [0.05, 0.1) is 31.2 Å². The molecule has 1 saturated heterocycles. The first kappa shape index (κ1) is 21.3. The Hall–Kier alpha value is -2.01. The normalized spacial score (nSPS) is 19.1. The van der Waals surface area contributed by atoms with Gasteiger partial charge in [-0.2, -0.15) is 5.26 Å². The van der Waals surface area contributed by atoms with E-state index in [0.29, 0.717) is 37.4 Å². The van der Waals surface area contributed by atoms with Crippen LogP contribution in [0.1, 0.15) is 37.7 Å². The van der Waals surface area contributed by atoms with E-state index in [1.807, 2.05) is 23.1 Å². The summed E-state index contributed by atoms with van der Waals surface area (Å²) < 4.78 is 11.5. The summed E-state index contributed by atoms with van der Waals surface area (Å²) in [6.07, 6.45) is 4.77. The van der Waals surface area contributed by atoms with E-state index in [0.717, 1.165) is 18.4 Å². The molecule has 27 heavy (non-hydrogen) atoms. The molecule has 0 spiro atoms.